The molecule has 0 aliphatic rings. The number of rotatable bonds is 4. The molecule has 5 heteroatoms. The fraction of sp³-hybridized carbons (Fsp3) is 0.176. The third-order valence-corrected chi connectivity index (χ3v) is 3.69. The number of nitrogens with one attached hydrogen (secondary N) is 2. The van der Waals surface area contributed by atoms with Gasteiger partial charge in [0.25, 0.3) is 5.91 Å². The van der Waals surface area contributed by atoms with Crippen molar-refractivity contribution < 1.29 is 9.59 Å². The van der Waals surface area contributed by atoms with E-state index >= 15 is 0 Å². The van der Waals surface area contributed by atoms with Gasteiger partial charge in [-0.15, -0.1) is 0 Å². The van der Waals surface area contributed by atoms with Gasteiger partial charge in [0.1, 0.15) is 0 Å². The monoisotopic (exact) mass is 408 g/mol. The van der Waals surface area contributed by atoms with E-state index in [1.807, 2.05) is 38.1 Å². The third-order valence-electron chi connectivity index (χ3n) is 3.02. The Balaban J connectivity index is 2.03. The molecule has 0 aliphatic carbocycles. The molecule has 0 bridgehead atoms. The zero-order chi connectivity index (χ0) is 16.1. The van der Waals surface area contributed by atoms with Crippen molar-refractivity contribution in [1.29, 1.82) is 0 Å². The summed E-state index contributed by atoms with van der Waals surface area (Å²) in [4.78, 5) is 23.8. The van der Waals surface area contributed by atoms with E-state index in [2.05, 4.69) is 33.2 Å². The van der Waals surface area contributed by atoms with Gasteiger partial charge in [0, 0.05) is 26.4 Å². The Kier molecular flexibility index (Phi) is 5.54. The minimum atomic E-state index is -0.177. The minimum absolute atomic E-state index is 0.0453. The Bertz CT molecular complexity index is 681. The topological polar surface area (TPSA) is 58.2 Å². The molecule has 0 aromatic heterocycles. The van der Waals surface area contributed by atoms with Crippen molar-refractivity contribution in [3.8, 4) is 0 Å². The smallest absolute Gasteiger partial charge is 0.255 e. The maximum atomic E-state index is 12.2. The maximum Gasteiger partial charge on any atom is 0.255 e. The molecule has 22 heavy (non-hydrogen) atoms. The van der Waals surface area contributed by atoms with E-state index in [1.165, 1.54) is 0 Å². The molecule has 2 aromatic rings. The normalized spacial score (nSPS) is 10.4. The summed E-state index contributed by atoms with van der Waals surface area (Å²) in [6.45, 7) is 3.66. The van der Waals surface area contributed by atoms with Crippen molar-refractivity contribution in [2.75, 3.05) is 10.6 Å². The second-order valence-corrected chi connectivity index (χ2v) is 6.43. The first-order valence-electron chi connectivity index (χ1n) is 6.93. The summed E-state index contributed by atoms with van der Waals surface area (Å²) in [5.74, 6) is -0.302. The molecule has 2 N–H and O–H groups in total. The quantitative estimate of drug-likeness (QED) is 0.748. The van der Waals surface area contributed by atoms with Gasteiger partial charge in [-0.3, -0.25) is 9.59 Å². The molecule has 0 fully saturated rings. The zero-order valence-electron chi connectivity index (χ0n) is 12.4. The first-order valence-corrected chi connectivity index (χ1v) is 8.01. The summed E-state index contributed by atoms with van der Waals surface area (Å²) in [5.41, 5.74) is 1.99. The zero-order valence-corrected chi connectivity index (χ0v) is 14.5. The number of hydrogen-bond acceptors (Lipinski definition) is 2. The van der Waals surface area contributed by atoms with Crippen LogP contribution in [-0.4, -0.2) is 11.8 Å². The molecule has 2 aromatic carbocycles. The molecule has 0 radical (unpaired) electrons. The second-order valence-electron chi connectivity index (χ2n) is 5.19. The molecule has 2 amide bonds. The Hall–Kier alpha value is -1.89. The molecular weight excluding hydrogens is 391 g/mol. The number of carbonyl (C=O) groups excluding carboxylic acids is 2. The number of carbonyl (C=O) groups is 2. The van der Waals surface area contributed by atoms with Crippen molar-refractivity contribution in [1.82, 2.24) is 0 Å². The Labute approximate surface area is 143 Å². The lowest BCUT2D eigenvalue weighted by Gasteiger charge is -2.09. The van der Waals surface area contributed by atoms with Crippen molar-refractivity contribution in [2.24, 2.45) is 5.92 Å². The highest BCUT2D eigenvalue weighted by Gasteiger charge is 2.09. The number of halogens is 1. The van der Waals surface area contributed by atoms with Crippen LogP contribution in [0, 0.1) is 9.49 Å². The van der Waals surface area contributed by atoms with Crippen LogP contribution in [0.5, 0.6) is 0 Å². The summed E-state index contributed by atoms with van der Waals surface area (Å²) in [6, 6.07) is 14.4. The van der Waals surface area contributed by atoms with E-state index in [4.69, 9.17) is 0 Å². The second kappa shape index (κ2) is 7.40. The van der Waals surface area contributed by atoms with Crippen LogP contribution >= 0.6 is 22.6 Å². The highest BCUT2D eigenvalue weighted by atomic mass is 127. The van der Waals surface area contributed by atoms with Crippen LogP contribution in [0.15, 0.2) is 48.5 Å². The first-order chi connectivity index (χ1) is 10.5. The molecule has 0 aliphatic heterocycles. The van der Waals surface area contributed by atoms with Crippen LogP contribution in [-0.2, 0) is 4.79 Å². The summed E-state index contributed by atoms with van der Waals surface area (Å²) < 4.78 is 1.06. The number of hydrogen-bond donors (Lipinski definition) is 2. The lowest BCUT2D eigenvalue weighted by atomic mass is 10.1. The lowest BCUT2D eigenvalue weighted by molar-refractivity contribution is -0.118. The summed E-state index contributed by atoms with van der Waals surface area (Å²) in [5, 5.41) is 5.64. The molecule has 0 atom stereocenters. The van der Waals surface area contributed by atoms with Crippen LogP contribution in [0.2, 0.25) is 0 Å². The van der Waals surface area contributed by atoms with Crippen molar-refractivity contribution >= 4 is 45.8 Å². The maximum absolute atomic E-state index is 12.2. The van der Waals surface area contributed by atoms with Crippen LogP contribution in [0.25, 0.3) is 0 Å². The van der Waals surface area contributed by atoms with Gasteiger partial charge in [-0.1, -0.05) is 19.9 Å². The average Bonchev–Trinajstić information content (AvgIpc) is 2.47. The van der Waals surface area contributed by atoms with E-state index in [9.17, 15) is 9.59 Å². The lowest BCUT2D eigenvalue weighted by Crippen LogP contribution is -2.18. The molecule has 114 valence electrons. The van der Waals surface area contributed by atoms with E-state index in [0.717, 1.165) is 9.26 Å². The van der Waals surface area contributed by atoms with Gasteiger partial charge in [0.15, 0.2) is 0 Å². The molecule has 2 rings (SSSR count). The number of anilines is 2. The Morgan fingerprint density at radius 3 is 2.23 bits per heavy atom. The van der Waals surface area contributed by atoms with Gasteiger partial charge in [-0.2, -0.15) is 0 Å². The van der Waals surface area contributed by atoms with Crippen molar-refractivity contribution in [2.45, 2.75) is 13.8 Å². The van der Waals surface area contributed by atoms with E-state index in [0.29, 0.717) is 11.3 Å². The largest absolute Gasteiger partial charge is 0.326 e. The highest BCUT2D eigenvalue weighted by molar-refractivity contribution is 14.1. The van der Waals surface area contributed by atoms with Crippen LogP contribution in [0.3, 0.4) is 0 Å². The van der Waals surface area contributed by atoms with E-state index in [1.54, 1.807) is 24.3 Å². The van der Waals surface area contributed by atoms with E-state index in [-0.39, 0.29) is 17.7 Å². The molecule has 4 nitrogen and oxygen atoms in total. The van der Waals surface area contributed by atoms with Crippen LogP contribution < -0.4 is 10.6 Å². The summed E-state index contributed by atoms with van der Waals surface area (Å²) in [6.07, 6.45) is 0. The third kappa shape index (κ3) is 4.56. The molecule has 0 saturated heterocycles. The van der Waals surface area contributed by atoms with Gasteiger partial charge < -0.3 is 10.6 Å². The highest BCUT2D eigenvalue weighted by Crippen LogP contribution is 2.15. The first kappa shape index (κ1) is 16.5. The molecule has 0 heterocycles. The van der Waals surface area contributed by atoms with Gasteiger partial charge >= 0.3 is 0 Å². The van der Waals surface area contributed by atoms with Crippen molar-refractivity contribution in [3.63, 3.8) is 0 Å². The predicted octanol–water partition coefficient (Wildman–Crippen LogP) is 4.14. The van der Waals surface area contributed by atoms with Gasteiger partial charge in [-0.25, -0.2) is 0 Å². The fourth-order valence-corrected chi connectivity index (χ4v) is 2.30. The number of benzene rings is 2. The summed E-state index contributed by atoms with van der Waals surface area (Å²) >= 11 is 2.20. The average molecular weight is 408 g/mol. The SMILES string of the molecule is CC(C)C(=O)Nc1ccc(C(=O)Nc2cccc(I)c2)cc1. The van der Waals surface area contributed by atoms with Crippen molar-refractivity contribution in [3.05, 3.63) is 57.7 Å². The minimum Gasteiger partial charge on any atom is -0.326 e. The molecule has 0 spiro atoms. The Morgan fingerprint density at radius 1 is 0.955 bits per heavy atom. The van der Waals surface area contributed by atoms with Gasteiger partial charge in [0.05, 0.1) is 0 Å². The standard InChI is InChI=1S/C17H17IN2O2/c1-11(2)16(21)19-14-8-6-12(7-9-14)17(22)20-15-5-3-4-13(18)10-15/h3-11H,1-2H3,(H,19,21)(H,20,22). The fourth-order valence-electron chi connectivity index (χ4n) is 1.76. The number of amides is 2. The van der Waals surface area contributed by atoms with Crippen LogP contribution in [0.1, 0.15) is 24.2 Å². The summed E-state index contributed by atoms with van der Waals surface area (Å²) in [7, 11) is 0. The van der Waals surface area contributed by atoms with E-state index < -0.39 is 0 Å². The van der Waals surface area contributed by atoms with Gasteiger partial charge in [0.2, 0.25) is 5.91 Å². The molecule has 0 unspecified atom stereocenters. The van der Waals surface area contributed by atoms with Crippen LogP contribution in [0.4, 0.5) is 11.4 Å². The Morgan fingerprint density at radius 2 is 1.64 bits per heavy atom. The molecular formula is C17H17IN2O2. The molecule has 0 saturated carbocycles. The predicted molar refractivity (Wildman–Crippen MR) is 97.0 cm³/mol. The van der Waals surface area contributed by atoms with Gasteiger partial charge in [-0.05, 0) is 65.1 Å².